The fraction of sp³-hybridized carbons (Fsp3) is 0.467. The number of aryl methyl sites for hydroxylation is 2. The minimum absolute atomic E-state index is 0.0573. The second kappa shape index (κ2) is 5.53. The Morgan fingerprint density at radius 2 is 2.15 bits per heavy atom. The zero-order valence-corrected chi connectivity index (χ0v) is 12.3. The van der Waals surface area contributed by atoms with Crippen LogP contribution in [0.4, 0.5) is 11.4 Å². The standard InChI is InChI=1S/C15H20N2O3/c1-9-5-10(2)14-12(6-9)16-7-11(3)15(19)17(14)8-13(18)20-4/h5-6,11,16H,7-8H2,1-4H3/t11-/m0/s1. The molecule has 1 heterocycles. The summed E-state index contributed by atoms with van der Waals surface area (Å²) >= 11 is 0. The molecule has 1 amide bonds. The first-order valence-electron chi connectivity index (χ1n) is 6.67. The van der Waals surface area contributed by atoms with Crippen molar-refractivity contribution in [1.29, 1.82) is 0 Å². The van der Waals surface area contributed by atoms with Crippen LogP contribution in [0.3, 0.4) is 0 Å². The number of methoxy groups -OCH3 is 1. The predicted octanol–water partition coefficient (Wildman–Crippen LogP) is 1.87. The molecule has 108 valence electrons. The van der Waals surface area contributed by atoms with Gasteiger partial charge in [-0.2, -0.15) is 0 Å². The molecule has 1 N–H and O–H groups in total. The quantitative estimate of drug-likeness (QED) is 0.838. The van der Waals surface area contributed by atoms with Crippen molar-refractivity contribution >= 4 is 23.3 Å². The van der Waals surface area contributed by atoms with Gasteiger partial charge in [-0.15, -0.1) is 0 Å². The third kappa shape index (κ3) is 2.61. The van der Waals surface area contributed by atoms with E-state index in [2.05, 4.69) is 5.32 Å². The first-order chi connectivity index (χ1) is 9.43. The van der Waals surface area contributed by atoms with Gasteiger partial charge in [-0.05, 0) is 31.0 Å². The Morgan fingerprint density at radius 3 is 2.80 bits per heavy atom. The Labute approximate surface area is 118 Å². The molecular weight excluding hydrogens is 256 g/mol. The lowest BCUT2D eigenvalue weighted by Gasteiger charge is -2.25. The van der Waals surface area contributed by atoms with Gasteiger partial charge in [0.25, 0.3) is 0 Å². The van der Waals surface area contributed by atoms with E-state index < -0.39 is 5.97 Å². The highest BCUT2D eigenvalue weighted by Crippen LogP contribution is 2.34. The van der Waals surface area contributed by atoms with Crippen LogP contribution in [0.2, 0.25) is 0 Å². The summed E-state index contributed by atoms with van der Waals surface area (Å²) in [7, 11) is 1.33. The third-order valence-electron chi connectivity index (χ3n) is 3.52. The average molecular weight is 276 g/mol. The number of carbonyl (C=O) groups is 2. The van der Waals surface area contributed by atoms with Crippen LogP contribution in [0, 0.1) is 19.8 Å². The lowest BCUT2D eigenvalue weighted by Crippen LogP contribution is -2.39. The topological polar surface area (TPSA) is 58.6 Å². The number of fused-ring (bicyclic) bond motifs is 1. The average Bonchev–Trinajstić information content (AvgIpc) is 2.51. The van der Waals surface area contributed by atoms with Crippen LogP contribution in [0.25, 0.3) is 0 Å². The highest BCUT2D eigenvalue weighted by molar-refractivity contribution is 6.03. The monoisotopic (exact) mass is 276 g/mol. The summed E-state index contributed by atoms with van der Waals surface area (Å²) in [6, 6.07) is 4.01. The Bertz CT molecular complexity index is 554. The largest absolute Gasteiger partial charge is 0.468 e. The Morgan fingerprint density at radius 1 is 1.45 bits per heavy atom. The first kappa shape index (κ1) is 14.4. The summed E-state index contributed by atoms with van der Waals surface area (Å²) in [6.07, 6.45) is 0. The molecule has 1 aromatic rings. The van der Waals surface area contributed by atoms with Crippen molar-refractivity contribution in [2.75, 3.05) is 30.4 Å². The van der Waals surface area contributed by atoms with Crippen LogP contribution < -0.4 is 10.2 Å². The number of ether oxygens (including phenoxy) is 1. The molecule has 0 saturated heterocycles. The van der Waals surface area contributed by atoms with Crippen LogP contribution in [0.1, 0.15) is 18.1 Å². The van der Waals surface area contributed by atoms with Gasteiger partial charge in [0, 0.05) is 6.54 Å². The lowest BCUT2D eigenvalue weighted by molar-refractivity contribution is -0.140. The maximum absolute atomic E-state index is 12.5. The van der Waals surface area contributed by atoms with E-state index in [0.29, 0.717) is 6.54 Å². The smallest absolute Gasteiger partial charge is 0.325 e. The van der Waals surface area contributed by atoms with Crippen LogP contribution in [-0.4, -0.2) is 32.1 Å². The highest BCUT2D eigenvalue weighted by Gasteiger charge is 2.30. The molecule has 0 bridgehead atoms. The molecule has 1 atom stereocenters. The number of anilines is 2. The third-order valence-corrected chi connectivity index (χ3v) is 3.52. The Kier molecular flexibility index (Phi) is 3.97. The Hall–Kier alpha value is -2.04. The number of rotatable bonds is 2. The van der Waals surface area contributed by atoms with Gasteiger partial charge in [-0.25, -0.2) is 0 Å². The molecule has 2 rings (SSSR count). The molecule has 1 aliphatic rings. The maximum atomic E-state index is 12.5. The molecule has 5 nitrogen and oxygen atoms in total. The van der Waals surface area contributed by atoms with Crippen molar-refractivity contribution < 1.29 is 14.3 Å². The molecular formula is C15H20N2O3. The minimum Gasteiger partial charge on any atom is -0.468 e. The fourth-order valence-corrected chi connectivity index (χ4v) is 2.53. The number of carbonyl (C=O) groups excluding carboxylic acids is 2. The van der Waals surface area contributed by atoms with Crippen LogP contribution in [-0.2, 0) is 14.3 Å². The highest BCUT2D eigenvalue weighted by atomic mass is 16.5. The molecule has 1 aliphatic heterocycles. The number of nitrogens with one attached hydrogen (secondary N) is 1. The van der Waals surface area contributed by atoms with Gasteiger partial charge < -0.3 is 10.1 Å². The van der Waals surface area contributed by atoms with Crippen molar-refractivity contribution in [2.45, 2.75) is 20.8 Å². The van der Waals surface area contributed by atoms with Gasteiger partial charge in [-0.1, -0.05) is 13.0 Å². The van der Waals surface area contributed by atoms with E-state index in [4.69, 9.17) is 4.74 Å². The SMILES string of the molecule is COC(=O)CN1C(=O)[C@@H](C)CNc2cc(C)cc(C)c21. The molecule has 0 unspecified atom stereocenters. The molecule has 0 aromatic heterocycles. The van der Waals surface area contributed by atoms with Crippen molar-refractivity contribution in [3.8, 4) is 0 Å². The van der Waals surface area contributed by atoms with E-state index in [0.717, 1.165) is 22.5 Å². The van der Waals surface area contributed by atoms with Gasteiger partial charge >= 0.3 is 5.97 Å². The molecule has 20 heavy (non-hydrogen) atoms. The summed E-state index contributed by atoms with van der Waals surface area (Å²) in [4.78, 5) is 25.6. The van der Waals surface area contributed by atoms with Crippen molar-refractivity contribution in [1.82, 2.24) is 0 Å². The van der Waals surface area contributed by atoms with Crippen molar-refractivity contribution in [3.63, 3.8) is 0 Å². The molecule has 0 fully saturated rings. The van der Waals surface area contributed by atoms with E-state index in [1.54, 1.807) is 0 Å². The van der Waals surface area contributed by atoms with Crippen molar-refractivity contribution in [3.05, 3.63) is 23.3 Å². The summed E-state index contributed by atoms with van der Waals surface area (Å²) < 4.78 is 4.70. The van der Waals surface area contributed by atoms with Crippen LogP contribution >= 0.6 is 0 Å². The number of esters is 1. The normalized spacial score (nSPS) is 18.1. The molecule has 0 radical (unpaired) electrons. The van der Waals surface area contributed by atoms with Gasteiger partial charge in [0.2, 0.25) is 5.91 Å². The van der Waals surface area contributed by atoms with Gasteiger partial charge in [0.15, 0.2) is 0 Å². The van der Waals surface area contributed by atoms with Gasteiger partial charge in [-0.3, -0.25) is 14.5 Å². The second-order valence-electron chi connectivity index (χ2n) is 5.26. The van der Waals surface area contributed by atoms with Crippen molar-refractivity contribution in [2.24, 2.45) is 5.92 Å². The zero-order chi connectivity index (χ0) is 14.9. The summed E-state index contributed by atoms with van der Waals surface area (Å²) in [5, 5.41) is 3.29. The molecule has 0 spiro atoms. The predicted molar refractivity (Wildman–Crippen MR) is 77.9 cm³/mol. The fourth-order valence-electron chi connectivity index (χ4n) is 2.53. The van der Waals surface area contributed by atoms with Gasteiger partial charge in [0.1, 0.15) is 6.54 Å². The van der Waals surface area contributed by atoms with E-state index >= 15 is 0 Å². The molecule has 0 saturated carbocycles. The summed E-state index contributed by atoms with van der Waals surface area (Å²) in [5.74, 6) is -0.668. The number of benzene rings is 1. The van der Waals surface area contributed by atoms with E-state index in [1.165, 1.54) is 12.0 Å². The number of amides is 1. The van der Waals surface area contributed by atoms with E-state index in [-0.39, 0.29) is 18.4 Å². The van der Waals surface area contributed by atoms with E-state index in [9.17, 15) is 9.59 Å². The number of hydrogen-bond acceptors (Lipinski definition) is 4. The zero-order valence-electron chi connectivity index (χ0n) is 12.3. The number of hydrogen-bond donors (Lipinski definition) is 1. The van der Waals surface area contributed by atoms with Crippen LogP contribution in [0.5, 0.6) is 0 Å². The molecule has 1 aromatic carbocycles. The second-order valence-corrected chi connectivity index (χ2v) is 5.26. The van der Waals surface area contributed by atoms with Gasteiger partial charge in [0.05, 0.1) is 24.4 Å². The first-order valence-corrected chi connectivity index (χ1v) is 6.67. The van der Waals surface area contributed by atoms with E-state index in [1.807, 2.05) is 32.9 Å². The minimum atomic E-state index is -0.418. The summed E-state index contributed by atoms with van der Waals surface area (Å²) in [5.41, 5.74) is 3.76. The lowest BCUT2D eigenvalue weighted by atomic mass is 10.1. The maximum Gasteiger partial charge on any atom is 0.325 e. The Balaban J connectivity index is 2.52. The summed E-state index contributed by atoms with van der Waals surface area (Å²) in [6.45, 7) is 6.31. The number of nitrogens with zero attached hydrogens (tertiary/aromatic N) is 1. The molecule has 0 aliphatic carbocycles. The molecule has 5 heteroatoms. The van der Waals surface area contributed by atoms with Crippen LogP contribution in [0.15, 0.2) is 12.1 Å².